The molecule has 0 aliphatic heterocycles. The first-order valence-electron chi connectivity index (χ1n) is 12.1. The van der Waals surface area contributed by atoms with Gasteiger partial charge in [-0.1, -0.05) is 49.8 Å². The summed E-state index contributed by atoms with van der Waals surface area (Å²) in [7, 11) is -3.04. The molecule has 1 N–H and O–H groups in total. The van der Waals surface area contributed by atoms with Gasteiger partial charge in [0.1, 0.15) is 22.4 Å². The molecule has 218 valence electrons. The van der Waals surface area contributed by atoms with Crippen LogP contribution >= 0.6 is 26.0 Å². The zero-order chi connectivity index (χ0) is 29.6. The highest BCUT2D eigenvalue weighted by Crippen LogP contribution is 2.57. The van der Waals surface area contributed by atoms with Gasteiger partial charge in [-0.25, -0.2) is 24.4 Å². The predicted octanol–water partition coefficient (Wildman–Crippen LogP) is 6.78. The van der Waals surface area contributed by atoms with E-state index in [1.807, 2.05) is 20.8 Å². The summed E-state index contributed by atoms with van der Waals surface area (Å²) in [6.07, 6.45) is -4.82. The van der Waals surface area contributed by atoms with Gasteiger partial charge in [-0.05, 0) is 65.2 Å². The molecule has 0 saturated heterocycles. The summed E-state index contributed by atoms with van der Waals surface area (Å²) >= 11 is 3.35. The monoisotopic (exact) mass is 654 g/mol. The van der Waals surface area contributed by atoms with Crippen molar-refractivity contribution in [3.63, 3.8) is 0 Å². The van der Waals surface area contributed by atoms with Crippen LogP contribution in [0.4, 0.5) is 17.6 Å². The lowest BCUT2D eigenvalue weighted by atomic mass is 10.0. The molecule has 0 unspecified atom stereocenters. The number of carbonyl (C=O) groups excluding carboxylic acids is 1. The third-order valence-corrected chi connectivity index (χ3v) is 12.1. The van der Waals surface area contributed by atoms with Gasteiger partial charge in [0, 0.05) is 17.5 Å². The van der Waals surface area contributed by atoms with Crippen LogP contribution in [0, 0.1) is 5.82 Å². The maximum atomic E-state index is 16.2. The Morgan fingerprint density at radius 3 is 2.18 bits per heavy atom. The maximum absolute atomic E-state index is 16.2. The standard InChI is InChI=1S/C25H33BrF4N5O2S2/c1-7-39(8-2,9-3)18-15-19(26)32-21(20(18)27)24(4,5)34-23(33-22(36)17-13-11-10-12-14-17)35(38(37)31-6)16-25(28,29)30/h10-15H,7-9,16H2,1-6H3,(H,33,34,36)/q-1. The lowest BCUT2D eigenvalue weighted by Gasteiger charge is -2.39. The fraction of sp³-hybridized carbons (Fsp3) is 0.480. The Morgan fingerprint density at radius 1 is 1.13 bits per heavy atom. The number of hydrogen-bond acceptors (Lipinski definition) is 6. The number of aliphatic imine (C=N–C) groups is 1. The number of benzene rings is 1. The molecule has 2 aromatic rings. The summed E-state index contributed by atoms with van der Waals surface area (Å²) in [6, 6.07) is 9.38. The molecule has 0 atom stereocenters. The molecule has 7 nitrogen and oxygen atoms in total. The van der Waals surface area contributed by atoms with E-state index in [1.165, 1.54) is 26.0 Å². The number of hydrogen-bond donors (Lipinski definition) is 1. The van der Waals surface area contributed by atoms with Crippen molar-refractivity contribution in [1.29, 1.82) is 0 Å². The Bertz CT molecular complexity index is 1270. The molecule has 0 saturated carbocycles. The molecule has 1 aromatic heterocycles. The van der Waals surface area contributed by atoms with Crippen molar-refractivity contribution in [3.8, 4) is 0 Å². The minimum absolute atomic E-state index is 0.128. The van der Waals surface area contributed by atoms with Crippen LogP contribution in [0.2, 0.25) is 0 Å². The summed E-state index contributed by atoms with van der Waals surface area (Å²) in [5, 5.41) is 2.34. The van der Waals surface area contributed by atoms with Crippen LogP contribution in [0.5, 0.6) is 0 Å². The summed E-state index contributed by atoms with van der Waals surface area (Å²) in [4.78, 5) is 22.1. The van der Waals surface area contributed by atoms with Crippen LogP contribution in [0.3, 0.4) is 0 Å². The third-order valence-electron chi connectivity index (χ3n) is 6.15. The molecule has 1 aromatic carbocycles. The summed E-state index contributed by atoms with van der Waals surface area (Å²) in [5.74, 6) is 0.102. The second kappa shape index (κ2) is 13.4. The van der Waals surface area contributed by atoms with Crippen molar-refractivity contribution >= 4 is 48.6 Å². The zero-order valence-electron chi connectivity index (χ0n) is 22.6. The van der Waals surface area contributed by atoms with E-state index in [4.69, 9.17) is 0 Å². The molecular weight excluding hydrogens is 622 g/mol. The van der Waals surface area contributed by atoms with Crippen molar-refractivity contribution in [2.75, 3.05) is 30.9 Å². The van der Waals surface area contributed by atoms with Crippen LogP contribution in [0.15, 0.2) is 55.3 Å². The van der Waals surface area contributed by atoms with E-state index in [1.54, 1.807) is 24.3 Å². The minimum Gasteiger partial charge on any atom is -0.424 e. The van der Waals surface area contributed by atoms with E-state index in [2.05, 4.69) is 35.6 Å². The van der Waals surface area contributed by atoms with Gasteiger partial charge in [0.15, 0.2) is 11.8 Å². The molecule has 39 heavy (non-hydrogen) atoms. The van der Waals surface area contributed by atoms with Crippen LogP contribution in [0.1, 0.15) is 50.7 Å². The highest BCUT2D eigenvalue weighted by Gasteiger charge is 2.35. The SMILES string of the molecule is CCS(CC)(CC)c1cc(Br)nc(C(C)(C)N=C(NC(=O)c2ccccc2)N(CC(F)(F)F)[S-](=O)=NC)c1F. The summed E-state index contributed by atoms with van der Waals surface area (Å²) in [5.41, 5.74) is -1.59. The second-order valence-electron chi connectivity index (χ2n) is 8.90. The first-order valence-corrected chi connectivity index (χ1v) is 16.1. The van der Waals surface area contributed by atoms with E-state index >= 15 is 4.39 Å². The number of halogens is 5. The average molecular weight is 656 g/mol. The van der Waals surface area contributed by atoms with Crippen LogP contribution in [-0.4, -0.2) is 58.2 Å². The Kier molecular flexibility index (Phi) is 11.4. The van der Waals surface area contributed by atoms with Crippen molar-refractivity contribution in [1.82, 2.24) is 14.6 Å². The van der Waals surface area contributed by atoms with Gasteiger partial charge < -0.3 is 12.9 Å². The molecule has 1 heterocycles. The topological polar surface area (TPSA) is 87.0 Å². The Balaban J connectivity index is 2.80. The molecule has 0 spiro atoms. The fourth-order valence-electron chi connectivity index (χ4n) is 3.97. The maximum Gasteiger partial charge on any atom is 0.404 e. The summed E-state index contributed by atoms with van der Waals surface area (Å²) < 4.78 is 73.6. The molecule has 0 bridgehead atoms. The van der Waals surface area contributed by atoms with Crippen molar-refractivity contribution in [2.24, 2.45) is 9.36 Å². The number of aromatic nitrogens is 1. The molecule has 0 fully saturated rings. The van der Waals surface area contributed by atoms with Gasteiger partial charge >= 0.3 is 6.18 Å². The number of rotatable bonds is 9. The van der Waals surface area contributed by atoms with Crippen molar-refractivity contribution < 1.29 is 26.6 Å². The highest BCUT2D eigenvalue weighted by atomic mass is 79.9. The largest absolute Gasteiger partial charge is 0.424 e. The molecule has 1 amide bonds. The molecule has 0 aliphatic rings. The number of carbonyl (C=O) groups is 1. The van der Waals surface area contributed by atoms with Crippen LogP contribution in [-0.2, 0) is 20.5 Å². The van der Waals surface area contributed by atoms with Crippen molar-refractivity contribution in [2.45, 2.75) is 51.2 Å². The van der Waals surface area contributed by atoms with Crippen LogP contribution < -0.4 is 5.32 Å². The number of nitrogens with zero attached hydrogens (tertiary/aromatic N) is 4. The van der Waals surface area contributed by atoms with E-state index in [0.29, 0.717) is 13.8 Å². The van der Waals surface area contributed by atoms with Gasteiger partial charge in [0.25, 0.3) is 5.91 Å². The normalized spacial score (nSPS) is 14.3. The van der Waals surface area contributed by atoms with Crippen molar-refractivity contribution in [3.05, 3.63) is 58.1 Å². The average Bonchev–Trinajstić information content (AvgIpc) is 2.89. The molecule has 2 rings (SSSR count). The second-order valence-corrected chi connectivity index (χ2v) is 15.2. The Morgan fingerprint density at radius 2 is 1.69 bits per heavy atom. The zero-order valence-corrected chi connectivity index (χ0v) is 25.8. The van der Waals surface area contributed by atoms with Gasteiger partial charge in [0.2, 0.25) is 0 Å². The minimum atomic E-state index is -4.82. The third kappa shape index (κ3) is 8.16. The van der Waals surface area contributed by atoms with E-state index in [-0.39, 0.29) is 11.3 Å². The summed E-state index contributed by atoms with van der Waals surface area (Å²) in [6.45, 7) is 7.18. The van der Waals surface area contributed by atoms with Gasteiger partial charge in [-0.3, -0.25) is 10.1 Å². The quantitative estimate of drug-likeness (QED) is 0.106. The highest BCUT2D eigenvalue weighted by molar-refractivity contribution is 9.10. The first kappa shape index (κ1) is 33.0. The molecular formula is C25H33BrF4N5O2S2-. The fourth-order valence-corrected chi connectivity index (χ4v) is 8.21. The molecule has 14 heteroatoms. The number of nitrogens with one attached hydrogen (secondary N) is 1. The number of amides is 1. The van der Waals surface area contributed by atoms with E-state index < -0.39 is 56.8 Å². The number of guanidine groups is 1. The number of pyridine rings is 1. The van der Waals surface area contributed by atoms with E-state index in [9.17, 15) is 22.2 Å². The van der Waals surface area contributed by atoms with Gasteiger partial charge in [-0.15, -0.1) is 0 Å². The van der Waals surface area contributed by atoms with Gasteiger partial charge in [0.05, 0.1) is 0 Å². The van der Waals surface area contributed by atoms with Gasteiger partial charge in [-0.2, -0.15) is 13.2 Å². The lowest BCUT2D eigenvalue weighted by Crippen LogP contribution is -2.48. The van der Waals surface area contributed by atoms with Crippen LogP contribution in [0.25, 0.3) is 0 Å². The Hall–Kier alpha value is -2.19. The first-order chi connectivity index (χ1) is 18.1. The smallest absolute Gasteiger partial charge is 0.404 e. The lowest BCUT2D eigenvalue weighted by molar-refractivity contribution is -0.130. The van der Waals surface area contributed by atoms with E-state index in [0.717, 1.165) is 24.3 Å². The molecule has 0 radical (unpaired) electrons. The Labute approximate surface area is 238 Å². The number of alkyl halides is 3. The predicted molar refractivity (Wildman–Crippen MR) is 153 cm³/mol. The molecule has 0 aliphatic carbocycles.